The van der Waals surface area contributed by atoms with Gasteiger partial charge in [0, 0.05) is 5.54 Å². The monoisotopic (exact) mass is 157 g/mol. The molecule has 0 heterocycles. The van der Waals surface area contributed by atoms with Crippen molar-refractivity contribution in [3.05, 3.63) is 12.2 Å². The van der Waals surface area contributed by atoms with E-state index in [0.29, 0.717) is 5.92 Å². The Labute approximate surface area is 69.1 Å². The smallest absolute Gasteiger partial charge is 0.0619 e. The summed E-state index contributed by atoms with van der Waals surface area (Å²) in [5.74, 6) is 0.322. The van der Waals surface area contributed by atoms with Crippen LogP contribution in [0.15, 0.2) is 12.2 Å². The highest BCUT2D eigenvalue weighted by atomic mass is 16.3. The predicted octanol–water partition coefficient (Wildman–Crippen LogP) is 1.30. The van der Waals surface area contributed by atoms with Crippen LogP contribution in [0.4, 0.5) is 0 Å². The van der Waals surface area contributed by atoms with Crippen LogP contribution in [0.25, 0.3) is 0 Å². The van der Waals surface area contributed by atoms with Crippen molar-refractivity contribution in [2.45, 2.75) is 32.7 Å². The maximum Gasteiger partial charge on any atom is 0.0619 e. The van der Waals surface area contributed by atoms with Gasteiger partial charge in [-0.25, -0.2) is 0 Å². The van der Waals surface area contributed by atoms with Crippen LogP contribution >= 0.6 is 0 Å². The van der Waals surface area contributed by atoms with Crippen molar-refractivity contribution in [1.29, 1.82) is 0 Å². The van der Waals surface area contributed by atoms with Crippen molar-refractivity contribution in [2.24, 2.45) is 11.7 Å². The first kappa shape index (κ1) is 10.7. The lowest BCUT2D eigenvalue weighted by Gasteiger charge is -2.25. The van der Waals surface area contributed by atoms with Crippen molar-refractivity contribution < 1.29 is 5.11 Å². The van der Waals surface area contributed by atoms with Crippen LogP contribution in [0.3, 0.4) is 0 Å². The SMILES string of the molecule is CC.CC1C=CCC1(N)CO. The molecule has 0 saturated heterocycles. The van der Waals surface area contributed by atoms with Crippen LogP contribution in [0.1, 0.15) is 27.2 Å². The minimum Gasteiger partial charge on any atom is -0.394 e. The fraction of sp³-hybridized carbons (Fsp3) is 0.778. The number of nitrogens with two attached hydrogens (primary N) is 1. The second-order valence-electron chi connectivity index (χ2n) is 2.81. The molecule has 1 rings (SSSR count). The molecule has 0 aliphatic heterocycles. The lowest BCUT2D eigenvalue weighted by Crippen LogP contribution is -2.46. The molecule has 0 amide bonds. The molecule has 2 nitrogen and oxygen atoms in total. The van der Waals surface area contributed by atoms with E-state index in [1.54, 1.807) is 0 Å². The van der Waals surface area contributed by atoms with Crippen molar-refractivity contribution in [2.75, 3.05) is 6.61 Å². The van der Waals surface area contributed by atoms with Crippen LogP contribution in [-0.4, -0.2) is 17.3 Å². The topological polar surface area (TPSA) is 46.2 Å². The molecule has 0 aromatic heterocycles. The summed E-state index contributed by atoms with van der Waals surface area (Å²) in [7, 11) is 0. The van der Waals surface area contributed by atoms with Gasteiger partial charge in [0.15, 0.2) is 0 Å². The third kappa shape index (κ3) is 2.31. The van der Waals surface area contributed by atoms with Crippen LogP contribution in [0, 0.1) is 5.92 Å². The molecule has 2 heteroatoms. The number of aliphatic hydroxyl groups excluding tert-OH is 1. The number of rotatable bonds is 1. The Kier molecular flexibility index (Phi) is 4.38. The summed E-state index contributed by atoms with van der Waals surface area (Å²) in [6, 6.07) is 0. The molecule has 0 aromatic rings. The lowest BCUT2D eigenvalue weighted by atomic mass is 9.90. The normalized spacial score (nSPS) is 34.8. The molecule has 0 saturated carbocycles. The molecule has 11 heavy (non-hydrogen) atoms. The van der Waals surface area contributed by atoms with E-state index in [1.807, 2.05) is 26.8 Å². The first-order chi connectivity index (χ1) is 5.19. The van der Waals surface area contributed by atoms with E-state index in [0.717, 1.165) is 6.42 Å². The molecule has 0 bridgehead atoms. The average molecular weight is 157 g/mol. The largest absolute Gasteiger partial charge is 0.394 e. The van der Waals surface area contributed by atoms with Gasteiger partial charge in [-0.1, -0.05) is 32.9 Å². The van der Waals surface area contributed by atoms with Gasteiger partial charge >= 0.3 is 0 Å². The Morgan fingerprint density at radius 1 is 1.64 bits per heavy atom. The van der Waals surface area contributed by atoms with Gasteiger partial charge in [-0.3, -0.25) is 0 Å². The van der Waals surface area contributed by atoms with E-state index in [4.69, 9.17) is 10.8 Å². The van der Waals surface area contributed by atoms with Gasteiger partial charge < -0.3 is 10.8 Å². The Morgan fingerprint density at radius 2 is 2.18 bits per heavy atom. The van der Waals surface area contributed by atoms with Crippen molar-refractivity contribution >= 4 is 0 Å². The first-order valence-electron chi connectivity index (χ1n) is 4.25. The van der Waals surface area contributed by atoms with E-state index >= 15 is 0 Å². The summed E-state index contributed by atoms with van der Waals surface area (Å²) in [5, 5.41) is 8.83. The molecule has 2 atom stereocenters. The summed E-state index contributed by atoms with van der Waals surface area (Å²) >= 11 is 0. The Balaban J connectivity index is 0.000000461. The maximum absolute atomic E-state index is 8.83. The van der Waals surface area contributed by atoms with Crippen LogP contribution in [-0.2, 0) is 0 Å². The van der Waals surface area contributed by atoms with E-state index in [2.05, 4.69) is 6.08 Å². The van der Waals surface area contributed by atoms with Gasteiger partial charge in [0.05, 0.1) is 6.61 Å². The van der Waals surface area contributed by atoms with Crippen molar-refractivity contribution in [3.63, 3.8) is 0 Å². The summed E-state index contributed by atoms with van der Waals surface area (Å²) in [6.45, 7) is 6.11. The molecule has 0 fully saturated rings. The highest BCUT2D eigenvalue weighted by Crippen LogP contribution is 2.25. The first-order valence-corrected chi connectivity index (χ1v) is 4.25. The minimum absolute atomic E-state index is 0.0845. The zero-order valence-corrected chi connectivity index (χ0v) is 7.67. The molecular formula is C9H19NO. The van der Waals surface area contributed by atoms with Crippen LogP contribution < -0.4 is 5.73 Å². The van der Waals surface area contributed by atoms with E-state index in [1.165, 1.54) is 0 Å². The average Bonchev–Trinajstić information content (AvgIpc) is 2.38. The molecule has 3 N–H and O–H groups in total. The highest BCUT2D eigenvalue weighted by molar-refractivity contribution is 5.11. The zero-order chi connectivity index (χ0) is 8.91. The molecule has 1 aliphatic rings. The molecule has 0 aromatic carbocycles. The fourth-order valence-corrected chi connectivity index (χ4v) is 1.08. The van der Waals surface area contributed by atoms with Crippen LogP contribution in [0.2, 0.25) is 0 Å². The number of hydrogen-bond donors (Lipinski definition) is 2. The molecular weight excluding hydrogens is 138 g/mol. The minimum atomic E-state index is -0.361. The zero-order valence-electron chi connectivity index (χ0n) is 7.67. The Morgan fingerprint density at radius 3 is 2.36 bits per heavy atom. The van der Waals surface area contributed by atoms with E-state index in [9.17, 15) is 0 Å². The summed E-state index contributed by atoms with van der Waals surface area (Å²) in [5.41, 5.74) is 5.43. The molecule has 0 spiro atoms. The fourth-order valence-electron chi connectivity index (χ4n) is 1.08. The molecule has 1 aliphatic carbocycles. The van der Waals surface area contributed by atoms with Gasteiger partial charge in [0.25, 0.3) is 0 Å². The summed E-state index contributed by atoms with van der Waals surface area (Å²) in [4.78, 5) is 0. The van der Waals surface area contributed by atoms with Crippen LogP contribution in [0.5, 0.6) is 0 Å². The molecule has 0 radical (unpaired) electrons. The van der Waals surface area contributed by atoms with Gasteiger partial charge in [-0.2, -0.15) is 0 Å². The predicted molar refractivity (Wildman–Crippen MR) is 48.3 cm³/mol. The quantitative estimate of drug-likeness (QED) is 0.563. The van der Waals surface area contributed by atoms with E-state index in [-0.39, 0.29) is 12.1 Å². The third-order valence-electron chi connectivity index (χ3n) is 2.12. The lowest BCUT2D eigenvalue weighted by molar-refractivity contribution is 0.175. The van der Waals surface area contributed by atoms with E-state index < -0.39 is 0 Å². The Bertz CT molecular complexity index is 134. The van der Waals surface area contributed by atoms with Gasteiger partial charge in [-0.05, 0) is 12.3 Å². The standard InChI is InChI=1S/C7H13NO.C2H6/c1-6-3-2-4-7(6,8)5-9;1-2/h2-3,6,9H,4-5,8H2,1H3;1-2H3. The number of hydrogen-bond acceptors (Lipinski definition) is 2. The molecule has 2 unspecified atom stereocenters. The second-order valence-corrected chi connectivity index (χ2v) is 2.81. The summed E-state index contributed by atoms with van der Waals surface area (Å²) < 4.78 is 0. The molecule has 66 valence electrons. The highest BCUT2D eigenvalue weighted by Gasteiger charge is 2.31. The summed E-state index contributed by atoms with van der Waals surface area (Å²) in [6.07, 6.45) is 4.89. The Hall–Kier alpha value is -0.340. The van der Waals surface area contributed by atoms with Crippen molar-refractivity contribution in [3.8, 4) is 0 Å². The van der Waals surface area contributed by atoms with Gasteiger partial charge in [0.2, 0.25) is 0 Å². The van der Waals surface area contributed by atoms with Gasteiger partial charge in [-0.15, -0.1) is 0 Å². The third-order valence-corrected chi connectivity index (χ3v) is 2.12. The maximum atomic E-state index is 8.83. The van der Waals surface area contributed by atoms with Crippen molar-refractivity contribution in [1.82, 2.24) is 0 Å². The van der Waals surface area contributed by atoms with Gasteiger partial charge in [0.1, 0.15) is 0 Å². The second kappa shape index (κ2) is 4.52. The number of aliphatic hydroxyl groups is 1.